The Kier molecular flexibility index (Phi) is 7.36. The van der Waals surface area contributed by atoms with Crippen molar-refractivity contribution in [1.29, 1.82) is 0 Å². The molecule has 0 amide bonds. The minimum atomic E-state index is -4.22. The maximum absolute atomic E-state index is 11.9. The number of methoxy groups -OCH3 is 1. The molecule has 0 spiro atoms. The summed E-state index contributed by atoms with van der Waals surface area (Å²) in [4.78, 5) is 11.7. The van der Waals surface area contributed by atoms with Crippen molar-refractivity contribution >= 4 is 5.97 Å². The van der Waals surface area contributed by atoms with Crippen LogP contribution in [0.5, 0.6) is 0 Å². The van der Waals surface area contributed by atoms with Crippen LogP contribution in [-0.2, 0) is 14.3 Å². The van der Waals surface area contributed by atoms with E-state index in [4.69, 9.17) is 9.47 Å². The lowest BCUT2D eigenvalue weighted by atomic mass is 9.97. The lowest BCUT2D eigenvalue weighted by Crippen LogP contribution is -2.53. The van der Waals surface area contributed by atoms with Crippen molar-refractivity contribution in [3.8, 4) is 0 Å². The molecule has 0 aromatic heterocycles. The van der Waals surface area contributed by atoms with Crippen LogP contribution < -0.4 is 5.32 Å². The molecule has 0 aliphatic heterocycles. The highest BCUT2D eigenvalue weighted by atomic mass is 19.4. The normalized spacial score (nSPS) is 15.4. The van der Waals surface area contributed by atoms with Gasteiger partial charge in [0.15, 0.2) is 0 Å². The first kappa shape index (κ1) is 18.2. The molecular formula is C12H22F3NO3. The van der Waals surface area contributed by atoms with Gasteiger partial charge in [0.2, 0.25) is 0 Å². The molecule has 0 rings (SSSR count). The average molecular weight is 285 g/mol. The van der Waals surface area contributed by atoms with E-state index in [2.05, 4.69) is 5.32 Å². The van der Waals surface area contributed by atoms with Crippen LogP contribution in [0.15, 0.2) is 0 Å². The van der Waals surface area contributed by atoms with Crippen molar-refractivity contribution in [3.05, 3.63) is 0 Å². The monoisotopic (exact) mass is 285 g/mol. The molecule has 0 radical (unpaired) electrons. The van der Waals surface area contributed by atoms with Gasteiger partial charge in [0.1, 0.15) is 5.54 Å². The van der Waals surface area contributed by atoms with Crippen molar-refractivity contribution in [2.45, 2.75) is 51.4 Å². The molecular weight excluding hydrogens is 263 g/mol. The maximum Gasteiger partial charge on any atom is 0.391 e. The number of rotatable bonds is 8. The van der Waals surface area contributed by atoms with Crippen LogP contribution in [0.1, 0.15) is 33.6 Å². The van der Waals surface area contributed by atoms with E-state index in [1.165, 1.54) is 7.11 Å². The fraction of sp³-hybridized carbons (Fsp3) is 0.917. The molecule has 4 nitrogen and oxygen atoms in total. The van der Waals surface area contributed by atoms with Gasteiger partial charge in [-0.25, -0.2) is 0 Å². The average Bonchev–Trinajstić information content (AvgIpc) is 2.24. The van der Waals surface area contributed by atoms with E-state index >= 15 is 0 Å². The van der Waals surface area contributed by atoms with E-state index in [1.807, 2.05) is 13.8 Å². The van der Waals surface area contributed by atoms with E-state index in [9.17, 15) is 18.0 Å². The van der Waals surface area contributed by atoms with Gasteiger partial charge in [-0.2, -0.15) is 13.2 Å². The third-order valence-corrected chi connectivity index (χ3v) is 2.52. The van der Waals surface area contributed by atoms with E-state index < -0.39 is 30.7 Å². The third-order valence-electron chi connectivity index (χ3n) is 2.52. The largest absolute Gasteiger partial charge is 0.468 e. The summed E-state index contributed by atoms with van der Waals surface area (Å²) in [6, 6.07) is 0.0410. The lowest BCUT2D eigenvalue weighted by molar-refractivity contribution is -0.152. The number of esters is 1. The predicted octanol–water partition coefficient (Wildman–Crippen LogP) is 2.28. The molecule has 0 aliphatic rings. The predicted molar refractivity (Wildman–Crippen MR) is 64.8 cm³/mol. The van der Waals surface area contributed by atoms with Crippen LogP contribution in [0.4, 0.5) is 13.2 Å². The van der Waals surface area contributed by atoms with Gasteiger partial charge in [-0.3, -0.25) is 10.1 Å². The zero-order valence-corrected chi connectivity index (χ0v) is 11.8. The summed E-state index contributed by atoms with van der Waals surface area (Å²) in [6.07, 6.45) is -4.96. The Morgan fingerprint density at radius 2 is 1.74 bits per heavy atom. The van der Waals surface area contributed by atoms with Crippen LogP contribution in [0.3, 0.4) is 0 Å². The Hall–Kier alpha value is -0.820. The Morgan fingerprint density at radius 3 is 2.16 bits per heavy atom. The van der Waals surface area contributed by atoms with Crippen molar-refractivity contribution in [2.24, 2.45) is 0 Å². The molecule has 0 aromatic rings. The van der Waals surface area contributed by atoms with Crippen LogP contribution in [-0.4, -0.2) is 44.0 Å². The van der Waals surface area contributed by atoms with Gasteiger partial charge in [0.05, 0.1) is 20.1 Å². The number of alkyl halides is 3. The fourth-order valence-electron chi connectivity index (χ4n) is 1.66. The summed E-state index contributed by atoms with van der Waals surface area (Å²) in [7, 11) is 1.27. The number of ether oxygens (including phenoxy) is 2. The number of nitrogens with one attached hydrogen (secondary N) is 1. The Bertz CT molecular complexity index is 282. The van der Waals surface area contributed by atoms with Gasteiger partial charge >= 0.3 is 12.1 Å². The smallest absolute Gasteiger partial charge is 0.391 e. The van der Waals surface area contributed by atoms with Crippen LogP contribution in [0.25, 0.3) is 0 Å². The van der Waals surface area contributed by atoms with Crippen molar-refractivity contribution in [2.75, 3.05) is 20.3 Å². The topological polar surface area (TPSA) is 47.6 Å². The van der Waals surface area contributed by atoms with Crippen LogP contribution in [0, 0.1) is 0 Å². The van der Waals surface area contributed by atoms with Gasteiger partial charge in [-0.1, -0.05) is 0 Å². The standard InChI is InChI=1S/C12H22F3NO3/c1-9(2)16-11(3,10(17)18-4)5-7-19-8-6-12(13,14)15/h9,16H,5-8H2,1-4H3. The Balaban J connectivity index is 4.18. The van der Waals surface area contributed by atoms with Gasteiger partial charge in [0.25, 0.3) is 0 Å². The Morgan fingerprint density at radius 1 is 1.21 bits per heavy atom. The molecule has 0 aliphatic carbocycles. The van der Waals surface area contributed by atoms with E-state index in [-0.39, 0.29) is 19.1 Å². The minimum absolute atomic E-state index is 0.0410. The van der Waals surface area contributed by atoms with Crippen LogP contribution >= 0.6 is 0 Å². The molecule has 1 atom stereocenters. The first-order chi connectivity index (χ1) is 8.60. The van der Waals surface area contributed by atoms with Crippen molar-refractivity contribution < 1.29 is 27.4 Å². The highest BCUT2D eigenvalue weighted by Gasteiger charge is 2.34. The zero-order chi connectivity index (χ0) is 15.1. The van der Waals surface area contributed by atoms with E-state index in [0.29, 0.717) is 0 Å². The minimum Gasteiger partial charge on any atom is -0.468 e. The lowest BCUT2D eigenvalue weighted by Gasteiger charge is -2.30. The van der Waals surface area contributed by atoms with Crippen molar-refractivity contribution in [3.63, 3.8) is 0 Å². The first-order valence-corrected chi connectivity index (χ1v) is 6.11. The number of carbonyl (C=O) groups excluding carboxylic acids is 1. The molecule has 7 heteroatoms. The number of hydrogen-bond donors (Lipinski definition) is 1. The second-order valence-corrected chi connectivity index (χ2v) is 4.85. The van der Waals surface area contributed by atoms with E-state index in [1.54, 1.807) is 6.92 Å². The first-order valence-electron chi connectivity index (χ1n) is 6.11. The molecule has 0 heterocycles. The third kappa shape index (κ3) is 8.05. The van der Waals surface area contributed by atoms with Gasteiger partial charge in [-0.15, -0.1) is 0 Å². The quantitative estimate of drug-likeness (QED) is 0.549. The van der Waals surface area contributed by atoms with Crippen molar-refractivity contribution in [1.82, 2.24) is 5.32 Å². The second-order valence-electron chi connectivity index (χ2n) is 4.85. The summed E-state index contributed by atoms with van der Waals surface area (Å²) < 4.78 is 45.3. The molecule has 0 bridgehead atoms. The number of halogens is 3. The SMILES string of the molecule is COC(=O)C(C)(CCOCCC(F)(F)F)NC(C)C. The zero-order valence-electron chi connectivity index (χ0n) is 11.8. The van der Waals surface area contributed by atoms with Crippen LogP contribution in [0.2, 0.25) is 0 Å². The molecule has 114 valence electrons. The molecule has 0 saturated carbocycles. The molecule has 19 heavy (non-hydrogen) atoms. The van der Waals surface area contributed by atoms with Gasteiger partial charge in [-0.05, 0) is 27.2 Å². The Labute approximate surface area is 111 Å². The van der Waals surface area contributed by atoms with Gasteiger partial charge < -0.3 is 9.47 Å². The molecule has 1 unspecified atom stereocenters. The molecule has 0 saturated heterocycles. The van der Waals surface area contributed by atoms with Gasteiger partial charge in [0, 0.05) is 12.6 Å². The second kappa shape index (κ2) is 7.69. The summed E-state index contributed by atoms with van der Waals surface area (Å²) in [5.74, 6) is -0.458. The summed E-state index contributed by atoms with van der Waals surface area (Å²) in [5, 5.41) is 3.04. The maximum atomic E-state index is 11.9. The highest BCUT2D eigenvalue weighted by Crippen LogP contribution is 2.19. The number of hydrogen-bond acceptors (Lipinski definition) is 4. The summed E-state index contributed by atoms with van der Waals surface area (Å²) >= 11 is 0. The summed E-state index contributed by atoms with van der Waals surface area (Å²) in [5.41, 5.74) is -0.957. The molecule has 1 N–H and O–H groups in total. The summed E-state index contributed by atoms with van der Waals surface area (Å²) in [6.45, 7) is 5.03. The molecule has 0 fully saturated rings. The fourth-order valence-corrected chi connectivity index (χ4v) is 1.66. The van der Waals surface area contributed by atoms with E-state index in [0.717, 1.165) is 0 Å². The highest BCUT2D eigenvalue weighted by molar-refractivity contribution is 5.80. The molecule has 0 aromatic carbocycles. The number of carbonyl (C=O) groups is 1.